The summed E-state index contributed by atoms with van der Waals surface area (Å²) >= 11 is 1.30. The number of nitriles is 1. The third kappa shape index (κ3) is 4.42. The molecule has 1 aromatic heterocycles. The van der Waals surface area contributed by atoms with Crippen molar-refractivity contribution in [3.05, 3.63) is 64.7 Å². The fourth-order valence-electron chi connectivity index (χ4n) is 2.58. The van der Waals surface area contributed by atoms with Gasteiger partial charge in [-0.1, -0.05) is 42.5 Å². The first-order valence-corrected chi connectivity index (χ1v) is 9.59. The van der Waals surface area contributed by atoms with E-state index < -0.39 is 5.91 Å². The molecule has 29 heavy (non-hydrogen) atoms. The maximum Gasteiger partial charge on any atom is 0.275 e. The summed E-state index contributed by atoms with van der Waals surface area (Å²) in [4.78, 5) is 14.7. The van der Waals surface area contributed by atoms with Crippen LogP contribution in [-0.4, -0.2) is 28.3 Å². The highest BCUT2D eigenvalue weighted by Crippen LogP contribution is 2.31. The van der Waals surface area contributed by atoms with Crippen LogP contribution in [0.15, 0.2) is 54.1 Å². The molecule has 1 heterocycles. The van der Waals surface area contributed by atoms with Crippen LogP contribution in [0.4, 0.5) is 10.8 Å². The first kappa shape index (κ1) is 20.0. The van der Waals surface area contributed by atoms with E-state index in [-0.39, 0.29) is 17.1 Å². The van der Waals surface area contributed by atoms with Gasteiger partial charge in [-0.2, -0.15) is 5.26 Å². The van der Waals surface area contributed by atoms with Gasteiger partial charge in [-0.05, 0) is 42.3 Å². The lowest BCUT2D eigenvalue weighted by molar-refractivity contribution is -0.114. The van der Waals surface area contributed by atoms with Gasteiger partial charge in [0.15, 0.2) is 11.5 Å². The van der Waals surface area contributed by atoms with Crippen molar-refractivity contribution >= 4 is 34.1 Å². The van der Waals surface area contributed by atoms with Gasteiger partial charge in [0.25, 0.3) is 5.91 Å². The van der Waals surface area contributed by atoms with Crippen molar-refractivity contribution in [2.45, 2.75) is 13.3 Å². The summed E-state index contributed by atoms with van der Waals surface area (Å²) < 4.78 is 5.09. The zero-order chi connectivity index (χ0) is 20.8. The van der Waals surface area contributed by atoms with Crippen molar-refractivity contribution in [2.75, 3.05) is 12.0 Å². The Morgan fingerprint density at radius 2 is 2.03 bits per heavy atom. The summed E-state index contributed by atoms with van der Waals surface area (Å²) in [7, 11) is 1.43. The molecule has 0 saturated heterocycles. The number of carbonyl (C=O) groups excluding carboxylic acids is 1. The van der Waals surface area contributed by atoms with Crippen LogP contribution in [0.5, 0.6) is 11.5 Å². The summed E-state index contributed by atoms with van der Waals surface area (Å²) in [5.41, 5.74) is 1.04. The second kappa shape index (κ2) is 8.99. The highest BCUT2D eigenvalue weighted by molar-refractivity contribution is 7.15. The SMILES string of the molecule is CCc1nnc(N(C(=O)/C(C#N)=C/c2ccc(O)c(OC)c2)c2ccccc2)s1. The van der Waals surface area contributed by atoms with Crippen molar-refractivity contribution in [2.24, 2.45) is 0 Å². The molecule has 0 atom stereocenters. The molecule has 0 radical (unpaired) electrons. The molecule has 3 rings (SSSR count). The molecule has 1 N–H and O–H groups in total. The van der Waals surface area contributed by atoms with Gasteiger partial charge in [0.1, 0.15) is 16.6 Å². The van der Waals surface area contributed by atoms with E-state index in [0.717, 1.165) is 5.01 Å². The van der Waals surface area contributed by atoms with E-state index in [1.54, 1.807) is 36.4 Å². The third-order valence-electron chi connectivity index (χ3n) is 4.03. The number of hydrogen-bond acceptors (Lipinski definition) is 7. The van der Waals surface area contributed by atoms with Crippen LogP contribution < -0.4 is 9.64 Å². The average molecular weight is 406 g/mol. The number of hydrogen-bond donors (Lipinski definition) is 1. The van der Waals surface area contributed by atoms with Crippen LogP contribution in [0.25, 0.3) is 6.08 Å². The minimum Gasteiger partial charge on any atom is -0.504 e. The molecule has 1 amide bonds. The van der Waals surface area contributed by atoms with Crippen LogP contribution in [0.2, 0.25) is 0 Å². The third-order valence-corrected chi connectivity index (χ3v) is 5.09. The number of benzene rings is 2. The molecule has 8 heteroatoms. The fourth-order valence-corrected chi connectivity index (χ4v) is 3.38. The molecule has 7 nitrogen and oxygen atoms in total. The molecule has 0 saturated carbocycles. The van der Waals surface area contributed by atoms with Crippen LogP contribution in [0, 0.1) is 11.3 Å². The van der Waals surface area contributed by atoms with Gasteiger partial charge in [-0.25, -0.2) is 4.90 Å². The number of aromatic hydroxyl groups is 1. The molecule has 0 spiro atoms. The molecule has 0 bridgehead atoms. The van der Waals surface area contributed by atoms with E-state index in [1.807, 2.05) is 19.1 Å². The number of aromatic nitrogens is 2. The Hall–Kier alpha value is -3.70. The van der Waals surface area contributed by atoms with Crippen LogP contribution in [-0.2, 0) is 11.2 Å². The number of aryl methyl sites for hydroxylation is 1. The maximum absolute atomic E-state index is 13.3. The Balaban J connectivity index is 2.05. The standard InChI is InChI=1S/C21H18N4O3S/c1-3-19-23-24-21(29-19)25(16-7-5-4-6-8-16)20(27)15(13-22)11-14-9-10-17(26)18(12-14)28-2/h4-12,26H,3H2,1-2H3/b15-11+. The van der Waals surface area contributed by atoms with Crippen molar-refractivity contribution in [1.82, 2.24) is 10.2 Å². The van der Waals surface area contributed by atoms with Gasteiger partial charge >= 0.3 is 0 Å². The van der Waals surface area contributed by atoms with E-state index in [1.165, 1.54) is 35.5 Å². The monoisotopic (exact) mass is 406 g/mol. The van der Waals surface area contributed by atoms with Crippen molar-refractivity contribution in [3.63, 3.8) is 0 Å². The van der Waals surface area contributed by atoms with Crippen LogP contribution >= 0.6 is 11.3 Å². The van der Waals surface area contributed by atoms with E-state index in [0.29, 0.717) is 22.8 Å². The number of phenolic OH excluding ortho intramolecular Hbond substituents is 1. The molecule has 0 aliphatic rings. The molecule has 146 valence electrons. The number of amides is 1. The Kier molecular flexibility index (Phi) is 6.22. The Labute approximate surface area is 172 Å². The molecular weight excluding hydrogens is 388 g/mol. The number of anilines is 2. The number of para-hydroxylation sites is 1. The zero-order valence-corrected chi connectivity index (χ0v) is 16.7. The summed E-state index contributed by atoms with van der Waals surface area (Å²) in [5, 5.41) is 28.8. The Bertz CT molecular complexity index is 1090. The van der Waals surface area contributed by atoms with Gasteiger partial charge < -0.3 is 9.84 Å². The summed E-state index contributed by atoms with van der Waals surface area (Å²) in [6, 6.07) is 15.5. The number of methoxy groups -OCH3 is 1. The normalized spacial score (nSPS) is 11.0. The Morgan fingerprint density at radius 3 is 2.66 bits per heavy atom. The van der Waals surface area contributed by atoms with Gasteiger partial charge in [0.05, 0.1) is 12.8 Å². The number of ether oxygens (including phenoxy) is 1. The summed E-state index contributed by atoms with van der Waals surface area (Å²) in [6.07, 6.45) is 2.14. The molecule has 2 aromatic carbocycles. The van der Waals surface area contributed by atoms with Crippen molar-refractivity contribution in [3.8, 4) is 17.6 Å². The topological polar surface area (TPSA) is 99.3 Å². The minimum atomic E-state index is -0.524. The predicted octanol–water partition coefficient (Wildman–Crippen LogP) is 4.09. The average Bonchev–Trinajstić information content (AvgIpc) is 3.22. The van der Waals surface area contributed by atoms with Crippen LogP contribution in [0.3, 0.4) is 0 Å². The van der Waals surface area contributed by atoms with Gasteiger partial charge in [-0.15, -0.1) is 10.2 Å². The van der Waals surface area contributed by atoms with E-state index in [9.17, 15) is 15.2 Å². The second-order valence-electron chi connectivity index (χ2n) is 5.91. The van der Waals surface area contributed by atoms with Gasteiger partial charge in [-0.3, -0.25) is 4.79 Å². The quantitative estimate of drug-likeness (QED) is 0.489. The van der Waals surface area contributed by atoms with Gasteiger partial charge in [0, 0.05) is 0 Å². The predicted molar refractivity (Wildman–Crippen MR) is 111 cm³/mol. The molecule has 0 unspecified atom stereocenters. The first-order chi connectivity index (χ1) is 14.1. The highest BCUT2D eigenvalue weighted by Gasteiger charge is 2.25. The number of carbonyl (C=O) groups is 1. The van der Waals surface area contributed by atoms with Crippen molar-refractivity contribution in [1.29, 1.82) is 5.26 Å². The zero-order valence-electron chi connectivity index (χ0n) is 15.9. The number of phenols is 1. The molecule has 0 fully saturated rings. The summed E-state index contributed by atoms with van der Waals surface area (Å²) in [6.45, 7) is 1.96. The van der Waals surface area contributed by atoms with Crippen LogP contribution in [0.1, 0.15) is 17.5 Å². The largest absolute Gasteiger partial charge is 0.504 e. The summed E-state index contributed by atoms with van der Waals surface area (Å²) in [5.74, 6) is -0.300. The lowest BCUT2D eigenvalue weighted by Crippen LogP contribution is -2.27. The van der Waals surface area contributed by atoms with E-state index >= 15 is 0 Å². The van der Waals surface area contributed by atoms with Crippen molar-refractivity contribution < 1.29 is 14.6 Å². The Morgan fingerprint density at radius 1 is 1.28 bits per heavy atom. The maximum atomic E-state index is 13.3. The van der Waals surface area contributed by atoms with E-state index in [4.69, 9.17) is 4.74 Å². The fraction of sp³-hybridized carbons (Fsp3) is 0.143. The van der Waals surface area contributed by atoms with Gasteiger partial charge in [0.2, 0.25) is 5.13 Å². The number of rotatable bonds is 6. The molecule has 0 aliphatic heterocycles. The minimum absolute atomic E-state index is 0.0265. The molecule has 3 aromatic rings. The second-order valence-corrected chi connectivity index (χ2v) is 6.95. The van der Waals surface area contributed by atoms with E-state index in [2.05, 4.69) is 10.2 Å². The highest BCUT2D eigenvalue weighted by atomic mass is 32.1. The molecular formula is C21H18N4O3S. The smallest absolute Gasteiger partial charge is 0.275 e. The lowest BCUT2D eigenvalue weighted by atomic mass is 10.1. The molecule has 0 aliphatic carbocycles. The lowest BCUT2D eigenvalue weighted by Gasteiger charge is -2.19. The first-order valence-electron chi connectivity index (χ1n) is 8.78. The number of nitrogens with zero attached hydrogens (tertiary/aromatic N) is 4.